The van der Waals surface area contributed by atoms with Gasteiger partial charge in [0.05, 0.1) is 17.7 Å². The molecule has 2 aromatic carbocycles. The zero-order valence-electron chi connectivity index (χ0n) is 17.5. The molecule has 162 valence electrons. The zero-order valence-corrected chi connectivity index (χ0v) is 18.3. The number of halogens is 1. The molecule has 1 unspecified atom stereocenters. The third-order valence-electron chi connectivity index (χ3n) is 4.78. The molecule has 1 heterocycles. The van der Waals surface area contributed by atoms with Gasteiger partial charge in [0.2, 0.25) is 0 Å². The first kappa shape index (κ1) is 22.4. The molecule has 2 aromatic rings. The van der Waals surface area contributed by atoms with Gasteiger partial charge < -0.3 is 24.8 Å². The molecule has 1 atom stereocenters. The number of carbonyl (C=O) groups excluding carboxylic acids is 1. The number of hydrogen-bond donors (Lipinski definition) is 2. The Morgan fingerprint density at radius 2 is 2.03 bits per heavy atom. The summed E-state index contributed by atoms with van der Waals surface area (Å²) in [4.78, 5) is 12.2. The first-order chi connectivity index (χ1) is 14.5. The number of anilines is 1. The first-order valence-electron chi connectivity index (χ1n) is 10.3. The van der Waals surface area contributed by atoms with Gasteiger partial charge in [-0.25, -0.2) is 0 Å². The van der Waals surface area contributed by atoms with Gasteiger partial charge in [-0.05, 0) is 56.5 Å². The molecule has 0 radical (unpaired) electrons. The molecule has 0 bridgehead atoms. The minimum absolute atomic E-state index is 0.162. The van der Waals surface area contributed by atoms with E-state index < -0.39 is 0 Å². The molecule has 0 aliphatic carbocycles. The maximum Gasteiger partial charge on any atom is 0.262 e. The molecule has 0 aromatic heterocycles. The van der Waals surface area contributed by atoms with E-state index in [0.717, 1.165) is 42.8 Å². The predicted octanol–water partition coefficient (Wildman–Crippen LogP) is 4.33. The van der Waals surface area contributed by atoms with E-state index in [0.29, 0.717) is 29.7 Å². The first-order valence-corrected chi connectivity index (χ1v) is 10.7. The number of amides is 1. The summed E-state index contributed by atoms with van der Waals surface area (Å²) in [5.41, 5.74) is 2.83. The Morgan fingerprint density at radius 1 is 1.23 bits per heavy atom. The van der Waals surface area contributed by atoms with Crippen LogP contribution >= 0.6 is 11.6 Å². The summed E-state index contributed by atoms with van der Waals surface area (Å²) in [6.07, 6.45) is 2.49. The lowest BCUT2D eigenvalue weighted by Gasteiger charge is -2.16. The average Bonchev–Trinajstić information content (AvgIpc) is 3.23. The monoisotopic (exact) mass is 432 g/mol. The van der Waals surface area contributed by atoms with Crippen molar-refractivity contribution in [2.45, 2.75) is 39.3 Å². The number of aryl methyl sites for hydroxylation is 1. The lowest BCUT2D eigenvalue weighted by Crippen LogP contribution is -2.25. The summed E-state index contributed by atoms with van der Waals surface area (Å²) in [6, 6.07) is 11.3. The third-order valence-corrected chi connectivity index (χ3v) is 5.06. The van der Waals surface area contributed by atoms with E-state index in [-0.39, 0.29) is 18.6 Å². The second-order valence-corrected chi connectivity index (χ2v) is 7.71. The van der Waals surface area contributed by atoms with Crippen LogP contribution in [-0.4, -0.2) is 38.4 Å². The van der Waals surface area contributed by atoms with Gasteiger partial charge in [0.25, 0.3) is 5.91 Å². The summed E-state index contributed by atoms with van der Waals surface area (Å²) in [7, 11) is 0. The highest BCUT2D eigenvalue weighted by Crippen LogP contribution is 2.36. The van der Waals surface area contributed by atoms with Gasteiger partial charge in [0.15, 0.2) is 18.1 Å². The number of rotatable bonds is 10. The van der Waals surface area contributed by atoms with Gasteiger partial charge in [-0.15, -0.1) is 0 Å². The molecule has 1 fully saturated rings. The Labute approximate surface area is 182 Å². The van der Waals surface area contributed by atoms with Gasteiger partial charge >= 0.3 is 0 Å². The van der Waals surface area contributed by atoms with E-state index in [9.17, 15) is 4.79 Å². The highest BCUT2D eigenvalue weighted by atomic mass is 35.5. The second-order valence-electron chi connectivity index (χ2n) is 7.31. The van der Waals surface area contributed by atoms with Crippen molar-refractivity contribution in [2.75, 3.05) is 31.7 Å². The van der Waals surface area contributed by atoms with Crippen LogP contribution in [0, 0.1) is 6.92 Å². The second kappa shape index (κ2) is 11.2. The number of carbonyl (C=O) groups is 1. The summed E-state index contributed by atoms with van der Waals surface area (Å²) >= 11 is 6.45. The molecular weight excluding hydrogens is 404 g/mol. The molecule has 1 saturated heterocycles. The van der Waals surface area contributed by atoms with Crippen LogP contribution in [0.1, 0.15) is 30.9 Å². The van der Waals surface area contributed by atoms with Crippen molar-refractivity contribution in [2.24, 2.45) is 0 Å². The van der Waals surface area contributed by atoms with Gasteiger partial charge in [-0.3, -0.25) is 4.79 Å². The molecule has 1 aliphatic rings. The fourth-order valence-corrected chi connectivity index (χ4v) is 3.57. The Hall–Kier alpha value is -2.28. The molecular formula is C23H29ClN2O4. The Bertz CT molecular complexity index is 836. The van der Waals surface area contributed by atoms with E-state index in [1.165, 1.54) is 0 Å². The minimum Gasteiger partial charge on any atom is -0.490 e. The van der Waals surface area contributed by atoms with Gasteiger partial charge in [0, 0.05) is 25.4 Å². The summed E-state index contributed by atoms with van der Waals surface area (Å²) in [5.74, 6) is 0.641. The summed E-state index contributed by atoms with van der Waals surface area (Å²) in [5, 5.41) is 6.62. The largest absolute Gasteiger partial charge is 0.490 e. The summed E-state index contributed by atoms with van der Waals surface area (Å²) < 4.78 is 17.0. The van der Waals surface area contributed by atoms with Crippen LogP contribution in [0.5, 0.6) is 11.5 Å². The smallest absolute Gasteiger partial charge is 0.262 e. The topological polar surface area (TPSA) is 68.8 Å². The Kier molecular flexibility index (Phi) is 8.37. The maximum atomic E-state index is 12.2. The van der Waals surface area contributed by atoms with Crippen LogP contribution in [0.4, 0.5) is 5.69 Å². The predicted molar refractivity (Wildman–Crippen MR) is 119 cm³/mol. The standard InChI is InChI=1S/C23H29ClN2O4/c1-3-28-21-12-17(13-25-14-19-5-4-10-29-19)11-20(24)23(21)30-15-22(27)26-18-8-6-16(2)7-9-18/h6-9,11-12,19,25H,3-5,10,13-15H2,1-2H3,(H,26,27). The zero-order chi connectivity index (χ0) is 21.3. The van der Waals surface area contributed by atoms with Crippen LogP contribution in [0.2, 0.25) is 5.02 Å². The van der Waals surface area contributed by atoms with Crippen LogP contribution in [0.3, 0.4) is 0 Å². The van der Waals surface area contributed by atoms with Crippen molar-refractivity contribution < 1.29 is 19.0 Å². The molecule has 0 saturated carbocycles. The molecule has 30 heavy (non-hydrogen) atoms. The van der Waals surface area contributed by atoms with Crippen molar-refractivity contribution in [3.8, 4) is 11.5 Å². The van der Waals surface area contributed by atoms with Gasteiger partial charge in [-0.2, -0.15) is 0 Å². The molecule has 7 heteroatoms. The normalized spacial score (nSPS) is 15.8. The number of nitrogens with one attached hydrogen (secondary N) is 2. The molecule has 0 spiro atoms. The summed E-state index contributed by atoms with van der Waals surface area (Å²) in [6.45, 7) is 6.49. The Balaban J connectivity index is 1.58. The van der Waals surface area contributed by atoms with Crippen LogP contribution < -0.4 is 20.1 Å². The van der Waals surface area contributed by atoms with E-state index in [2.05, 4.69) is 10.6 Å². The van der Waals surface area contributed by atoms with E-state index in [1.807, 2.05) is 50.2 Å². The molecule has 6 nitrogen and oxygen atoms in total. The molecule has 2 N–H and O–H groups in total. The van der Waals surface area contributed by atoms with Crippen molar-refractivity contribution in [1.29, 1.82) is 0 Å². The van der Waals surface area contributed by atoms with Crippen LogP contribution in [0.25, 0.3) is 0 Å². The SMILES string of the molecule is CCOc1cc(CNCC2CCCO2)cc(Cl)c1OCC(=O)Nc1ccc(C)cc1. The fraction of sp³-hybridized carbons (Fsp3) is 0.435. The van der Waals surface area contributed by atoms with Crippen LogP contribution in [-0.2, 0) is 16.1 Å². The third kappa shape index (κ3) is 6.62. The average molecular weight is 433 g/mol. The lowest BCUT2D eigenvalue weighted by molar-refractivity contribution is -0.118. The molecule has 1 amide bonds. The number of benzene rings is 2. The van der Waals surface area contributed by atoms with Crippen molar-refractivity contribution in [3.05, 3.63) is 52.5 Å². The van der Waals surface area contributed by atoms with Crippen LogP contribution in [0.15, 0.2) is 36.4 Å². The Morgan fingerprint density at radius 3 is 2.73 bits per heavy atom. The number of ether oxygens (including phenoxy) is 3. The van der Waals surface area contributed by atoms with E-state index >= 15 is 0 Å². The van der Waals surface area contributed by atoms with Gasteiger partial charge in [-0.1, -0.05) is 29.3 Å². The quantitative estimate of drug-likeness (QED) is 0.584. The minimum atomic E-state index is -0.264. The number of hydrogen-bond acceptors (Lipinski definition) is 5. The van der Waals surface area contributed by atoms with Crippen molar-refractivity contribution in [1.82, 2.24) is 5.32 Å². The highest BCUT2D eigenvalue weighted by molar-refractivity contribution is 6.32. The lowest BCUT2D eigenvalue weighted by atomic mass is 10.2. The highest BCUT2D eigenvalue weighted by Gasteiger charge is 2.17. The molecule has 1 aliphatic heterocycles. The van der Waals surface area contributed by atoms with Crippen molar-refractivity contribution in [3.63, 3.8) is 0 Å². The van der Waals surface area contributed by atoms with E-state index in [4.69, 9.17) is 25.8 Å². The van der Waals surface area contributed by atoms with E-state index in [1.54, 1.807) is 0 Å². The maximum absolute atomic E-state index is 12.2. The van der Waals surface area contributed by atoms with Gasteiger partial charge in [0.1, 0.15) is 0 Å². The fourth-order valence-electron chi connectivity index (χ4n) is 3.28. The van der Waals surface area contributed by atoms with Crippen molar-refractivity contribution >= 4 is 23.2 Å². The molecule has 3 rings (SSSR count).